The number of aromatic nitrogens is 2. The Morgan fingerprint density at radius 2 is 1.67 bits per heavy atom. The van der Waals surface area contributed by atoms with Crippen LogP contribution in [-0.4, -0.2) is 72.3 Å². The molecule has 0 fully saturated rings. The van der Waals surface area contributed by atoms with Gasteiger partial charge in [-0.15, -0.1) is 0 Å². The molecule has 1 aromatic carbocycles. The van der Waals surface area contributed by atoms with Gasteiger partial charge in [0.2, 0.25) is 0 Å². The fourth-order valence-electron chi connectivity index (χ4n) is 3.96. The fraction of sp³-hybridized carbons (Fsp3) is 0.333. The van der Waals surface area contributed by atoms with Crippen LogP contribution in [0.2, 0.25) is 0 Å². The summed E-state index contributed by atoms with van der Waals surface area (Å²) in [6.07, 6.45) is -1.04. The van der Waals surface area contributed by atoms with Crippen molar-refractivity contribution in [2.45, 2.75) is 19.1 Å². The molecule has 0 spiro atoms. The van der Waals surface area contributed by atoms with Gasteiger partial charge < -0.3 is 24.0 Å². The lowest BCUT2D eigenvalue weighted by Crippen LogP contribution is -2.25. The lowest BCUT2D eigenvalue weighted by Gasteiger charge is -2.17. The van der Waals surface area contributed by atoms with Crippen LogP contribution in [0.15, 0.2) is 35.4 Å². The zero-order valence-corrected chi connectivity index (χ0v) is 20.0. The number of carbonyl (C=O) groups excluding carboxylic acids is 1. The first kappa shape index (κ1) is 26.7. The summed E-state index contributed by atoms with van der Waals surface area (Å²) in [7, 11) is 7.05. The zero-order valence-electron chi connectivity index (χ0n) is 20.0. The molecule has 3 aromatic rings. The number of methoxy groups -OCH3 is 2. The van der Waals surface area contributed by atoms with Gasteiger partial charge in [0, 0.05) is 35.5 Å². The summed E-state index contributed by atoms with van der Waals surface area (Å²) in [6, 6.07) is 5.09. The molecule has 2 aromatic heterocycles. The molecular weight excluding hydrogens is 483 g/mol. The van der Waals surface area contributed by atoms with Crippen LogP contribution in [0.3, 0.4) is 0 Å². The number of ketones is 1. The van der Waals surface area contributed by atoms with Crippen molar-refractivity contribution >= 4 is 22.5 Å². The number of rotatable bonds is 6. The maximum Gasteiger partial charge on any atom is 0.490 e. The minimum absolute atomic E-state index is 0.101. The largest absolute Gasteiger partial charge is 0.493 e. The van der Waals surface area contributed by atoms with Gasteiger partial charge in [-0.2, -0.15) is 13.2 Å². The summed E-state index contributed by atoms with van der Waals surface area (Å²) in [5.41, 5.74) is 2.28. The molecule has 0 unspecified atom stereocenters. The number of carbonyl (C=O) groups is 2. The average Bonchev–Trinajstić information content (AvgIpc) is 3.12. The SMILES string of the molecule is COc1cc2c3c(n(CCCN(C)C)c(=O)c2cc1OC)-c1cnccc1C3=O.O=C(O)C(F)(F)F. The third-order valence-corrected chi connectivity index (χ3v) is 5.55. The van der Waals surface area contributed by atoms with E-state index in [1.165, 1.54) is 14.2 Å². The number of ether oxygens (including phenoxy) is 2. The second kappa shape index (κ2) is 10.4. The molecule has 1 N–H and O–H groups in total. The van der Waals surface area contributed by atoms with Crippen LogP contribution >= 0.6 is 0 Å². The highest BCUT2D eigenvalue weighted by Gasteiger charge is 2.38. The number of pyridine rings is 2. The fourth-order valence-corrected chi connectivity index (χ4v) is 3.96. The van der Waals surface area contributed by atoms with E-state index in [9.17, 15) is 22.8 Å². The molecule has 12 heteroatoms. The Balaban J connectivity index is 0.000000454. The highest BCUT2D eigenvalue weighted by atomic mass is 19.4. The molecular formula is C24H24F3N3O6. The number of hydrogen-bond acceptors (Lipinski definition) is 7. The predicted molar refractivity (Wildman–Crippen MR) is 125 cm³/mol. The molecule has 1 aliphatic rings. The van der Waals surface area contributed by atoms with E-state index in [2.05, 4.69) is 9.88 Å². The smallest absolute Gasteiger partial charge is 0.490 e. The van der Waals surface area contributed by atoms with Crippen molar-refractivity contribution < 1.29 is 37.3 Å². The molecule has 2 heterocycles. The second-order valence-electron chi connectivity index (χ2n) is 8.14. The van der Waals surface area contributed by atoms with Crippen LogP contribution < -0.4 is 15.0 Å². The standard InChI is InChI=1S/C22H23N3O4.C2HF3O2/c1-24(2)8-5-9-25-20-16-12-23-7-6-13(16)21(26)19(20)14-10-17(28-3)18(29-4)11-15(14)22(25)27;3-2(4,5)1(6)7/h6-7,10-12H,5,8-9H2,1-4H3;(H,6,7). The molecule has 0 saturated carbocycles. The van der Waals surface area contributed by atoms with Crippen molar-refractivity contribution in [2.75, 3.05) is 34.9 Å². The number of aliphatic carboxylic acids is 1. The molecule has 36 heavy (non-hydrogen) atoms. The third-order valence-electron chi connectivity index (χ3n) is 5.55. The first-order valence-corrected chi connectivity index (χ1v) is 10.7. The van der Waals surface area contributed by atoms with Crippen LogP contribution in [0.25, 0.3) is 22.0 Å². The van der Waals surface area contributed by atoms with E-state index >= 15 is 0 Å². The van der Waals surface area contributed by atoms with Gasteiger partial charge in [0.05, 0.1) is 30.9 Å². The number of fused-ring (bicyclic) bond motifs is 5. The molecule has 0 saturated heterocycles. The molecule has 0 aliphatic heterocycles. The molecule has 0 radical (unpaired) electrons. The summed E-state index contributed by atoms with van der Waals surface area (Å²) in [5.74, 6) is -1.92. The number of carboxylic acids is 1. The van der Waals surface area contributed by atoms with Gasteiger partial charge in [-0.3, -0.25) is 14.6 Å². The van der Waals surface area contributed by atoms with Crippen LogP contribution in [0.1, 0.15) is 22.3 Å². The van der Waals surface area contributed by atoms with E-state index in [1.807, 2.05) is 14.1 Å². The highest BCUT2D eigenvalue weighted by molar-refractivity contribution is 6.26. The number of nitrogens with zero attached hydrogens (tertiary/aromatic N) is 3. The summed E-state index contributed by atoms with van der Waals surface area (Å²) in [4.78, 5) is 41.9. The number of benzene rings is 1. The average molecular weight is 507 g/mol. The topological polar surface area (TPSA) is 111 Å². The lowest BCUT2D eigenvalue weighted by molar-refractivity contribution is -0.192. The zero-order chi connectivity index (χ0) is 26.8. The normalized spacial score (nSPS) is 12.2. The third kappa shape index (κ3) is 5.03. The van der Waals surface area contributed by atoms with Crippen molar-refractivity contribution in [3.8, 4) is 22.8 Å². The van der Waals surface area contributed by atoms with Gasteiger partial charge >= 0.3 is 12.1 Å². The quantitative estimate of drug-likeness (QED) is 0.424. The predicted octanol–water partition coefficient (Wildman–Crippen LogP) is 3.21. The number of halogens is 3. The van der Waals surface area contributed by atoms with Crippen molar-refractivity contribution in [1.29, 1.82) is 0 Å². The molecule has 9 nitrogen and oxygen atoms in total. The van der Waals surface area contributed by atoms with Gasteiger partial charge in [0.25, 0.3) is 5.56 Å². The first-order valence-electron chi connectivity index (χ1n) is 10.7. The summed E-state index contributed by atoms with van der Waals surface area (Å²) in [6.45, 7) is 1.34. The molecule has 0 bridgehead atoms. The first-order chi connectivity index (χ1) is 16.9. The van der Waals surface area contributed by atoms with E-state index in [4.69, 9.17) is 19.4 Å². The van der Waals surface area contributed by atoms with E-state index < -0.39 is 12.1 Å². The van der Waals surface area contributed by atoms with Crippen LogP contribution in [0, 0.1) is 0 Å². The minimum Gasteiger partial charge on any atom is -0.493 e. The maximum atomic E-state index is 13.5. The Kier molecular flexibility index (Phi) is 7.68. The summed E-state index contributed by atoms with van der Waals surface area (Å²) in [5, 5.41) is 8.15. The van der Waals surface area contributed by atoms with Crippen LogP contribution in [-0.2, 0) is 11.3 Å². The van der Waals surface area contributed by atoms with Crippen LogP contribution in [0.4, 0.5) is 13.2 Å². The Morgan fingerprint density at radius 1 is 1.08 bits per heavy atom. The van der Waals surface area contributed by atoms with Crippen molar-refractivity contribution in [3.63, 3.8) is 0 Å². The van der Waals surface area contributed by atoms with E-state index in [0.29, 0.717) is 51.2 Å². The molecule has 0 atom stereocenters. The second-order valence-corrected chi connectivity index (χ2v) is 8.14. The Labute approximate surface area is 203 Å². The molecule has 4 rings (SSSR count). The molecule has 192 valence electrons. The van der Waals surface area contributed by atoms with Gasteiger partial charge in [-0.25, -0.2) is 4.79 Å². The van der Waals surface area contributed by atoms with Gasteiger partial charge in [-0.05, 0) is 45.3 Å². The van der Waals surface area contributed by atoms with Crippen molar-refractivity contribution in [3.05, 3.63) is 52.1 Å². The van der Waals surface area contributed by atoms with Crippen molar-refractivity contribution in [1.82, 2.24) is 14.5 Å². The Morgan fingerprint density at radius 3 is 2.19 bits per heavy atom. The lowest BCUT2D eigenvalue weighted by atomic mass is 10.0. The Hall–Kier alpha value is -3.93. The number of hydrogen-bond donors (Lipinski definition) is 1. The summed E-state index contributed by atoms with van der Waals surface area (Å²) < 4.78 is 44.2. The highest BCUT2D eigenvalue weighted by Crippen LogP contribution is 2.41. The van der Waals surface area contributed by atoms with Gasteiger partial charge in [-0.1, -0.05) is 0 Å². The van der Waals surface area contributed by atoms with E-state index in [1.54, 1.807) is 35.2 Å². The Bertz CT molecular complexity index is 1380. The van der Waals surface area contributed by atoms with Crippen LogP contribution in [0.5, 0.6) is 11.5 Å². The maximum absolute atomic E-state index is 13.5. The number of alkyl halides is 3. The monoisotopic (exact) mass is 507 g/mol. The van der Waals surface area contributed by atoms with E-state index in [0.717, 1.165) is 13.0 Å². The summed E-state index contributed by atoms with van der Waals surface area (Å²) >= 11 is 0. The van der Waals surface area contributed by atoms with E-state index in [-0.39, 0.29) is 11.3 Å². The molecule has 0 amide bonds. The van der Waals surface area contributed by atoms with Crippen molar-refractivity contribution in [2.24, 2.45) is 0 Å². The van der Waals surface area contributed by atoms with Gasteiger partial charge in [0.15, 0.2) is 17.3 Å². The number of carboxylic acid groups (broad SMARTS) is 1. The molecule has 1 aliphatic carbocycles. The minimum atomic E-state index is -5.08. The van der Waals surface area contributed by atoms with Gasteiger partial charge in [0.1, 0.15) is 0 Å².